The molecule has 0 aliphatic carbocycles. The van der Waals surface area contributed by atoms with Crippen LogP contribution in [-0.2, 0) is 13.1 Å². The minimum Gasteiger partial charge on any atom is -0.387 e. The summed E-state index contributed by atoms with van der Waals surface area (Å²) in [6, 6.07) is 0. The second-order valence-corrected chi connectivity index (χ2v) is 6.42. The molecule has 1 saturated heterocycles. The predicted molar refractivity (Wildman–Crippen MR) is 85.8 cm³/mol. The van der Waals surface area contributed by atoms with Crippen molar-refractivity contribution >= 4 is 5.95 Å². The second-order valence-electron chi connectivity index (χ2n) is 6.42. The summed E-state index contributed by atoms with van der Waals surface area (Å²) in [4.78, 5) is 12.8. The lowest BCUT2D eigenvalue weighted by Crippen LogP contribution is -2.50. The molecule has 1 aliphatic rings. The first kappa shape index (κ1) is 15.8. The van der Waals surface area contributed by atoms with Gasteiger partial charge in [0.1, 0.15) is 0 Å². The minimum atomic E-state index is -0.767. The lowest BCUT2D eigenvalue weighted by Gasteiger charge is -2.39. The molecule has 2 aromatic rings. The Morgan fingerprint density at radius 3 is 2.74 bits per heavy atom. The molecule has 0 spiro atoms. The average molecular weight is 317 g/mol. The van der Waals surface area contributed by atoms with Gasteiger partial charge in [0.25, 0.3) is 0 Å². The zero-order valence-electron chi connectivity index (χ0n) is 13.6. The molecule has 23 heavy (non-hydrogen) atoms. The number of anilines is 1. The Morgan fingerprint density at radius 2 is 2.09 bits per heavy atom. The average Bonchev–Trinajstić information content (AvgIpc) is 3.00. The Morgan fingerprint density at radius 1 is 1.30 bits per heavy atom. The van der Waals surface area contributed by atoms with E-state index < -0.39 is 5.60 Å². The number of likely N-dealkylation sites (tertiary alicyclic amines) is 1. The molecule has 0 radical (unpaired) electrons. The number of hydrogen-bond acceptors (Lipinski definition) is 7. The maximum atomic E-state index is 10.8. The first-order valence-electron chi connectivity index (χ1n) is 7.81. The van der Waals surface area contributed by atoms with E-state index in [1.807, 2.05) is 31.4 Å². The summed E-state index contributed by atoms with van der Waals surface area (Å²) < 4.78 is 1.69. The van der Waals surface area contributed by atoms with Crippen molar-refractivity contribution in [3.05, 3.63) is 30.4 Å². The van der Waals surface area contributed by atoms with Gasteiger partial charge >= 0.3 is 0 Å². The smallest absolute Gasteiger partial charge is 0.224 e. The van der Waals surface area contributed by atoms with Crippen LogP contribution in [0.5, 0.6) is 0 Å². The van der Waals surface area contributed by atoms with Gasteiger partial charge in [0.2, 0.25) is 5.95 Å². The molecular formula is C15H23N7O. The van der Waals surface area contributed by atoms with Crippen LogP contribution in [0.2, 0.25) is 0 Å². The monoisotopic (exact) mass is 317 g/mol. The minimum absolute atomic E-state index is 0.472. The molecule has 1 atom stereocenters. The van der Waals surface area contributed by atoms with E-state index in [-0.39, 0.29) is 0 Å². The maximum Gasteiger partial charge on any atom is 0.224 e. The van der Waals surface area contributed by atoms with E-state index in [1.165, 1.54) is 0 Å². The van der Waals surface area contributed by atoms with Crippen molar-refractivity contribution in [2.24, 2.45) is 0 Å². The van der Waals surface area contributed by atoms with Crippen LogP contribution in [0.3, 0.4) is 0 Å². The van der Waals surface area contributed by atoms with Crippen molar-refractivity contribution in [1.82, 2.24) is 29.9 Å². The third kappa shape index (κ3) is 4.02. The fraction of sp³-hybridized carbons (Fsp3) is 0.600. The zero-order valence-corrected chi connectivity index (χ0v) is 13.6. The molecule has 0 amide bonds. The molecular weight excluding hydrogens is 294 g/mol. The predicted octanol–water partition coefficient (Wildman–Crippen LogP) is 0.161. The molecule has 2 aromatic heterocycles. The SMILES string of the molecule is CN(C)c1ncc(CN2CCCC(O)(Cn3ccnn3)C2)cn1. The van der Waals surface area contributed by atoms with Crippen molar-refractivity contribution in [3.8, 4) is 0 Å². The van der Waals surface area contributed by atoms with Crippen molar-refractivity contribution < 1.29 is 5.11 Å². The molecule has 0 saturated carbocycles. The Kier molecular flexibility index (Phi) is 4.53. The van der Waals surface area contributed by atoms with Gasteiger partial charge in [0, 0.05) is 51.3 Å². The zero-order chi connectivity index (χ0) is 16.3. The fourth-order valence-electron chi connectivity index (χ4n) is 3.01. The van der Waals surface area contributed by atoms with Gasteiger partial charge < -0.3 is 10.0 Å². The van der Waals surface area contributed by atoms with E-state index >= 15 is 0 Å². The van der Waals surface area contributed by atoms with Crippen LogP contribution in [-0.4, -0.2) is 67.8 Å². The Balaban J connectivity index is 1.62. The van der Waals surface area contributed by atoms with Gasteiger partial charge in [-0.3, -0.25) is 4.90 Å². The molecule has 124 valence electrons. The topological polar surface area (TPSA) is 83.2 Å². The summed E-state index contributed by atoms with van der Waals surface area (Å²) in [5.41, 5.74) is 0.289. The van der Waals surface area contributed by atoms with Crippen LogP contribution in [0.25, 0.3) is 0 Å². The molecule has 1 unspecified atom stereocenters. The highest BCUT2D eigenvalue weighted by molar-refractivity contribution is 5.26. The van der Waals surface area contributed by atoms with E-state index in [0.717, 1.165) is 31.5 Å². The largest absolute Gasteiger partial charge is 0.387 e. The number of piperidine rings is 1. The van der Waals surface area contributed by atoms with Gasteiger partial charge in [-0.1, -0.05) is 5.21 Å². The highest BCUT2D eigenvalue weighted by atomic mass is 16.3. The van der Waals surface area contributed by atoms with E-state index in [1.54, 1.807) is 17.1 Å². The molecule has 8 nitrogen and oxygen atoms in total. The maximum absolute atomic E-state index is 10.8. The first-order chi connectivity index (χ1) is 11.0. The number of β-amino-alcohol motifs (C(OH)–C–C–N with tert-alkyl or cyclic N) is 1. The third-order valence-corrected chi connectivity index (χ3v) is 4.06. The van der Waals surface area contributed by atoms with Gasteiger partial charge in [0.05, 0.1) is 18.3 Å². The quantitative estimate of drug-likeness (QED) is 0.841. The van der Waals surface area contributed by atoms with Crippen LogP contribution >= 0.6 is 0 Å². The highest BCUT2D eigenvalue weighted by Crippen LogP contribution is 2.24. The highest BCUT2D eigenvalue weighted by Gasteiger charge is 2.34. The number of rotatable bonds is 5. The van der Waals surface area contributed by atoms with Crippen molar-refractivity contribution in [1.29, 1.82) is 0 Å². The van der Waals surface area contributed by atoms with Gasteiger partial charge in [-0.2, -0.15) is 0 Å². The van der Waals surface area contributed by atoms with Crippen LogP contribution in [0, 0.1) is 0 Å². The van der Waals surface area contributed by atoms with Gasteiger partial charge in [0.15, 0.2) is 0 Å². The molecule has 0 bridgehead atoms. The number of nitrogens with zero attached hydrogens (tertiary/aromatic N) is 7. The summed E-state index contributed by atoms with van der Waals surface area (Å²) in [5, 5.41) is 18.6. The Labute approximate surface area is 135 Å². The number of aliphatic hydroxyl groups is 1. The van der Waals surface area contributed by atoms with Crippen LogP contribution in [0.1, 0.15) is 18.4 Å². The molecule has 8 heteroatoms. The van der Waals surface area contributed by atoms with Gasteiger partial charge in [-0.25, -0.2) is 14.6 Å². The Bertz CT molecular complexity index is 613. The Hall–Kier alpha value is -2.06. The molecule has 3 rings (SSSR count). The van der Waals surface area contributed by atoms with Crippen molar-refractivity contribution in [3.63, 3.8) is 0 Å². The third-order valence-electron chi connectivity index (χ3n) is 4.06. The summed E-state index contributed by atoms with van der Waals surface area (Å²) in [5.74, 6) is 0.704. The lowest BCUT2D eigenvalue weighted by molar-refractivity contribution is -0.0478. The summed E-state index contributed by atoms with van der Waals surface area (Å²) in [6.45, 7) is 2.80. The van der Waals surface area contributed by atoms with E-state index in [0.29, 0.717) is 19.0 Å². The second kappa shape index (κ2) is 6.59. The van der Waals surface area contributed by atoms with Crippen molar-refractivity contribution in [2.45, 2.75) is 31.5 Å². The van der Waals surface area contributed by atoms with Gasteiger partial charge in [-0.05, 0) is 19.4 Å². The lowest BCUT2D eigenvalue weighted by atomic mass is 9.92. The standard InChI is InChI=1S/C15H23N7O/c1-20(2)14-16-8-13(9-17-14)10-21-6-3-4-15(23,11-21)12-22-7-5-18-19-22/h5,7-9,23H,3-4,6,10-12H2,1-2H3. The van der Waals surface area contributed by atoms with E-state index in [4.69, 9.17) is 0 Å². The first-order valence-corrected chi connectivity index (χ1v) is 7.81. The normalized spacial score (nSPS) is 22.2. The molecule has 1 aliphatic heterocycles. The summed E-state index contributed by atoms with van der Waals surface area (Å²) in [6.07, 6.45) is 8.86. The molecule has 3 heterocycles. The molecule has 1 N–H and O–H groups in total. The molecule has 1 fully saturated rings. The number of hydrogen-bond donors (Lipinski definition) is 1. The summed E-state index contributed by atoms with van der Waals surface area (Å²) in [7, 11) is 3.84. The van der Waals surface area contributed by atoms with Gasteiger partial charge in [-0.15, -0.1) is 5.10 Å². The van der Waals surface area contributed by atoms with E-state index in [9.17, 15) is 5.11 Å². The molecule has 0 aromatic carbocycles. The van der Waals surface area contributed by atoms with Crippen LogP contribution < -0.4 is 4.90 Å². The van der Waals surface area contributed by atoms with E-state index in [2.05, 4.69) is 25.2 Å². The summed E-state index contributed by atoms with van der Waals surface area (Å²) >= 11 is 0. The fourth-order valence-corrected chi connectivity index (χ4v) is 3.01. The van der Waals surface area contributed by atoms with Crippen molar-refractivity contribution in [2.75, 3.05) is 32.1 Å². The van der Waals surface area contributed by atoms with Crippen LogP contribution in [0.15, 0.2) is 24.8 Å². The number of aromatic nitrogens is 5. The van der Waals surface area contributed by atoms with Crippen LogP contribution in [0.4, 0.5) is 5.95 Å².